The predicted molar refractivity (Wildman–Crippen MR) is 79.2 cm³/mol. The van der Waals surface area contributed by atoms with Crippen molar-refractivity contribution in [2.24, 2.45) is 0 Å². The van der Waals surface area contributed by atoms with Crippen LogP contribution in [0, 0.1) is 0 Å². The molecule has 0 aliphatic rings. The Hall–Kier alpha value is -2.16. The number of ether oxygens (including phenoxy) is 1. The van der Waals surface area contributed by atoms with Crippen LogP contribution in [0.25, 0.3) is 0 Å². The third kappa shape index (κ3) is 4.19. The molecule has 0 amide bonds. The van der Waals surface area contributed by atoms with Crippen molar-refractivity contribution in [2.45, 2.75) is 32.3 Å². The zero-order chi connectivity index (χ0) is 14.4. The molecular weight excluding hydrogens is 252 g/mol. The first-order valence-electron chi connectivity index (χ1n) is 6.87. The van der Waals surface area contributed by atoms with Crippen LogP contribution in [0.2, 0.25) is 0 Å². The number of aromatic hydroxyl groups is 2. The monoisotopic (exact) mass is 272 g/mol. The SMILES string of the molecule is CC(CCCc1ccccc1)Oc1cc(O)ccc1O. The maximum atomic E-state index is 9.65. The zero-order valence-electron chi connectivity index (χ0n) is 11.6. The normalized spacial score (nSPS) is 12.1. The predicted octanol–water partition coefficient (Wildman–Crippen LogP) is 3.89. The van der Waals surface area contributed by atoms with E-state index in [0.717, 1.165) is 19.3 Å². The maximum Gasteiger partial charge on any atom is 0.164 e. The number of aryl methyl sites for hydroxylation is 1. The lowest BCUT2D eigenvalue weighted by Crippen LogP contribution is -2.12. The highest BCUT2D eigenvalue weighted by Gasteiger charge is 2.09. The summed E-state index contributed by atoms with van der Waals surface area (Å²) < 4.78 is 5.65. The molecule has 0 radical (unpaired) electrons. The van der Waals surface area contributed by atoms with Gasteiger partial charge in [0.2, 0.25) is 0 Å². The lowest BCUT2D eigenvalue weighted by molar-refractivity contribution is 0.199. The molecule has 0 saturated heterocycles. The van der Waals surface area contributed by atoms with Crippen molar-refractivity contribution in [2.75, 3.05) is 0 Å². The molecule has 3 nitrogen and oxygen atoms in total. The van der Waals surface area contributed by atoms with Crippen LogP contribution >= 0.6 is 0 Å². The Bertz CT molecular complexity index is 537. The largest absolute Gasteiger partial charge is 0.508 e. The summed E-state index contributed by atoms with van der Waals surface area (Å²) in [5.41, 5.74) is 1.32. The standard InChI is InChI=1S/C17H20O3/c1-13(6-5-9-14-7-3-2-4-8-14)20-17-12-15(18)10-11-16(17)19/h2-4,7-8,10-13,18-19H,5-6,9H2,1H3. The first-order valence-corrected chi connectivity index (χ1v) is 6.87. The van der Waals surface area contributed by atoms with Crippen LogP contribution in [0.5, 0.6) is 17.2 Å². The Kier molecular flexibility index (Phi) is 4.88. The topological polar surface area (TPSA) is 49.7 Å². The second-order valence-electron chi connectivity index (χ2n) is 4.96. The van der Waals surface area contributed by atoms with Crippen molar-refractivity contribution in [1.82, 2.24) is 0 Å². The minimum Gasteiger partial charge on any atom is -0.508 e. The molecule has 2 aromatic rings. The molecule has 3 heteroatoms. The van der Waals surface area contributed by atoms with E-state index in [4.69, 9.17) is 4.74 Å². The summed E-state index contributed by atoms with van der Waals surface area (Å²) in [6.07, 6.45) is 2.92. The van der Waals surface area contributed by atoms with E-state index in [2.05, 4.69) is 12.1 Å². The Labute approximate surface area is 119 Å². The third-order valence-corrected chi connectivity index (χ3v) is 3.19. The van der Waals surface area contributed by atoms with Crippen LogP contribution in [0.4, 0.5) is 0 Å². The summed E-state index contributed by atoms with van der Waals surface area (Å²) >= 11 is 0. The maximum absolute atomic E-state index is 9.65. The fraction of sp³-hybridized carbons (Fsp3) is 0.294. The van der Waals surface area contributed by atoms with Gasteiger partial charge in [0.05, 0.1) is 6.10 Å². The van der Waals surface area contributed by atoms with Gasteiger partial charge >= 0.3 is 0 Å². The summed E-state index contributed by atoms with van der Waals surface area (Å²) in [6.45, 7) is 1.97. The molecule has 20 heavy (non-hydrogen) atoms. The molecule has 0 saturated carbocycles. The van der Waals surface area contributed by atoms with E-state index in [1.165, 1.54) is 23.8 Å². The molecule has 2 aromatic carbocycles. The van der Waals surface area contributed by atoms with Crippen molar-refractivity contribution >= 4 is 0 Å². The third-order valence-electron chi connectivity index (χ3n) is 3.19. The van der Waals surface area contributed by atoms with E-state index in [1.54, 1.807) is 0 Å². The summed E-state index contributed by atoms with van der Waals surface area (Å²) in [6, 6.07) is 14.6. The van der Waals surface area contributed by atoms with Gasteiger partial charge in [0, 0.05) is 6.07 Å². The van der Waals surface area contributed by atoms with E-state index in [-0.39, 0.29) is 17.6 Å². The number of rotatable bonds is 6. The van der Waals surface area contributed by atoms with E-state index >= 15 is 0 Å². The van der Waals surface area contributed by atoms with E-state index in [0.29, 0.717) is 5.75 Å². The first kappa shape index (κ1) is 14.3. The number of phenolic OH excluding ortho intramolecular Hbond substituents is 2. The van der Waals surface area contributed by atoms with Gasteiger partial charge in [-0.2, -0.15) is 0 Å². The molecular formula is C17H20O3. The molecule has 0 aromatic heterocycles. The molecule has 0 aliphatic carbocycles. The van der Waals surface area contributed by atoms with E-state index < -0.39 is 0 Å². The van der Waals surface area contributed by atoms with Gasteiger partial charge in [-0.25, -0.2) is 0 Å². The Morgan fingerprint density at radius 1 is 1.05 bits per heavy atom. The van der Waals surface area contributed by atoms with Crippen molar-refractivity contribution in [3.63, 3.8) is 0 Å². The average molecular weight is 272 g/mol. The average Bonchev–Trinajstić information content (AvgIpc) is 2.44. The van der Waals surface area contributed by atoms with E-state index in [1.807, 2.05) is 25.1 Å². The second kappa shape index (κ2) is 6.85. The number of hydrogen-bond donors (Lipinski definition) is 2. The van der Waals surface area contributed by atoms with Crippen LogP contribution in [0.3, 0.4) is 0 Å². The lowest BCUT2D eigenvalue weighted by atomic mass is 10.1. The van der Waals surface area contributed by atoms with Crippen LogP contribution in [0.1, 0.15) is 25.3 Å². The zero-order valence-corrected chi connectivity index (χ0v) is 11.6. The van der Waals surface area contributed by atoms with Gasteiger partial charge in [-0.15, -0.1) is 0 Å². The summed E-state index contributed by atoms with van der Waals surface area (Å²) in [4.78, 5) is 0. The van der Waals surface area contributed by atoms with E-state index in [9.17, 15) is 10.2 Å². The van der Waals surface area contributed by atoms with Gasteiger partial charge < -0.3 is 14.9 Å². The highest BCUT2D eigenvalue weighted by atomic mass is 16.5. The minimum atomic E-state index is -0.00795. The molecule has 2 rings (SSSR count). The number of phenols is 2. The smallest absolute Gasteiger partial charge is 0.164 e. The Morgan fingerprint density at radius 2 is 1.80 bits per heavy atom. The Balaban J connectivity index is 1.80. The van der Waals surface area contributed by atoms with Gasteiger partial charge in [0.1, 0.15) is 5.75 Å². The van der Waals surface area contributed by atoms with Gasteiger partial charge in [0.25, 0.3) is 0 Å². The number of benzene rings is 2. The second-order valence-corrected chi connectivity index (χ2v) is 4.96. The summed E-state index contributed by atoms with van der Waals surface area (Å²) in [7, 11) is 0. The molecule has 106 valence electrons. The highest BCUT2D eigenvalue weighted by molar-refractivity contribution is 5.43. The van der Waals surface area contributed by atoms with Crippen LogP contribution < -0.4 is 4.74 Å². The van der Waals surface area contributed by atoms with Gasteiger partial charge in [-0.1, -0.05) is 30.3 Å². The van der Waals surface area contributed by atoms with Gasteiger partial charge in [0.15, 0.2) is 11.5 Å². The molecule has 0 bridgehead atoms. The summed E-state index contributed by atoms with van der Waals surface area (Å²) in [5.74, 6) is 0.476. The van der Waals surface area contributed by atoms with Crippen LogP contribution in [-0.4, -0.2) is 16.3 Å². The lowest BCUT2D eigenvalue weighted by Gasteiger charge is -2.15. The van der Waals surface area contributed by atoms with Crippen LogP contribution in [0.15, 0.2) is 48.5 Å². The quantitative estimate of drug-likeness (QED) is 0.784. The van der Waals surface area contributed by atoms with Crippen LogP contribution in [-0.2, 0) is 6.42 Å². The fourth-order valence-electron chi connectivity index (χ4n) is 2.11. The molecule has 1 unspecified atom stereocenters. The van der Waals surface area contributed by atoms with Gasteiger partial charge in [-0.05, 0) is 43.9 Å². The van der Waals surface area contributed by atoms with Crippen molar-refractivity contribution < 1.29 is 14.9 Å². The highest BCUT2D eigenvalue weighted by Crippen LogP contribution is 2.30. The molecule has 0 fully saturated rings. The molecule has 1 atom stereocenters. The first-order chi connectivity index (χ1) is 9.65. The van der Waals surface area contributed by atoms with Crippen molar-refractivity contribution in [1.29, 1.82) is 0 Å². The fourth-order valence-corrected chi connectivity index (χ4v) is 2.11. The minimum absolute atomic E-state index is 0.00795. The Morgan fingerprint density at radius 3 is 2.55 bits per heavy atom. The number of hydrogen-bond acceptors (Lipinski definition) is 3. The molecule has 0 heterocycles. The summed E-state index contributed by atoms with van der Waals surface area (Å²) in [5, 5.41) is 19.0. The van der Waals surface area contributed by atoms with Crippen molar-refractivity contribution in [3.8, 4) is 17.2 Å². The molecule has 0 spiro atoms. The van der Waals surface area contributed by atoms with Gasteiger partial charge in [-0.3, -0.25) is 0 Å². The van der Waals surface area contributed by atoms with Crippen molar-refractivity contribution in [3.05, 3.63) is 54.1 Å². The molecule has 2 N–H and O–H groups in total. The molecule has 0 aliphatic heterocycles.